The summed E-state index contributed by atoms with van der Waals surface area (Å²) in [5.41, 5.74) is 1.46. The van der Waals surface area contributed by atoms with Gasteiger partial charge in [-0.15, -0.1) is 0 Å². The lowest BCUT2D eigenvalue weighted by molar-refractivity contribution is -0.116. The van der Waals surface area contributed by atoms with E-state index in [4.69, 9.17) is 23.2 Å². The maximum absolute atomic E-state index is 13.6. The van der Waals surface area contributed by atoms with Gasteiger partial charge in [-0.1, -0.05) is 39.1 Å². The van der Waals surface area contributed by atoms with Gasteiger partial charge in [0.25, 0.3) is 5.91 Å². The van der Waals surface area contributed by atoms with E-state index in [-0.39, 0.29) is 28.1 Å². The normalized spacial score (nSPS) is 10.5. The van der Waals surface area contributed by atoms with Crippen LogP contribution in [0.3, 0.4) is 0 Å². The van der Waals surface area contributed by atoms with Crippen molar-refractivity contribution < 1.29 is 14.0 Å². The zero-order valence-electron chi connectivity index (χ0n) is 13.4. The number of nitrogens with zero attached hydrogens (tertiary/aromatic N) is 1. The Kier molecular flexibility index (Phi) is 6.43. The van der Waals surface area contributed by atoms with Crippen molar-refractivity contribution in [1.82, 2.24) is 4.90 Å². The Morgan fingerprint density at radius 2 is 1.88 bits per heavy atom. The highest BCUT2D eigenvalue weighted by Gasteiger charge is 2.20. The van der Waals surface area contributed by atoms with E-state index in [1.807, 2.05) is 13.0 Å². The molecule has 1 N–H and O–H groups in total. The average Bonchev–Trinajstić information content (AvgIpc) is 2.53. The fourth-order valence-corrected chi connectivity index (χ4v) is 3.08. The lowest BCUT2D eigenvalue weighted by atomic mass is 10.2. The predicted molar refractivity (Wildman–Crippen MR) is 101 cm³/mol. The van der Waals surface area contributed by atoms with Crippen molar-refractivity contribution in [3.05, 3.63) is 61.8 Å². The number of amides is 2. The molecule has 0 atom stereocenters. The Labute approximate surface area is 163 Å². The lowest BCUT2D eigenvalue weighted by Gasteiger charge is -2.18. The number of nitrogens with one attached hydrogen (secondary N) is 1. The SMILES string of the molecule is Cc1cc(Br)ccc1NC(=O)CN(C)C(=O)c1cc(F)c(Cl)cc1Cl. The van der Waals surface area contributed by atoms with E-state index < -0.39 is 11.7 Å². The van der Waals surface area contributed by atoms with Crippen molar-refractivity contribution in [2.24, 2.45) is 0 Å². The minimum Gasteiger partial charge on any atom is -0.332 e. The summed E-state index contributed by atoms with van der Waals surface area (Å²) >= 11 is 14.9. The van der Waals surface area contributed by atoms with Gasteiger partial charge >= 0.3 is 0 Å². The van der Waals surface area contributed by atoms with Crippen LogP contribution in [0, 0.1) is 12.7 Å². The molecule has 0 aliphatic heterocycles. The summed E-state index contributed by atoms with van der Waals surface area (Å²) < 4.78 is 14.5. The second kappa shape index (κ2) is 8.17. The number of anilines is 1. The molecule has 0 spiro atoms. The number of benzene rings is 2. The highest BCUT2D eigenvalue weighted by molar-refractivity contribution is 9.10. The van der Waals surface area contributed by atoms with Crippen LogP contribution in [-0.4, -0.2) is 30.3 Å². The number of hydrogen-bond donors (Lipinski definition) is 1. The van der Waals surface area contributed by atoms with E-state index in [0.717, 1.165) is 27.1 Å². The second-order valence-electron chi connectivity index (χ2n) is 5.41. The monoisotopic (exact) mass is 446 g/mol. The first-order chi connectivity index (χ1) is 11.7. The van der Waals surface area contributed by atoms with Crippen LogP contribution in [0.2, 0.25) is 10.0 Å². The quantitative estimate of drug-likeness (QED) is 0.676. The second-order valence-corrected chi connectivity index (χ2v) is 7.14. The third-order valence-corrected chi connectivity index (χ3v) is 4.53. The number of likely N-dealkylation sites (N-methyl/N-ethyl adjacent to an activating group) is 1. The van der Waals surface area contributed by atoms with Gasteiger partial charge < -0.3 is 10.2 Å². The lowest BCUT2D eigenvalue weighted by Crippen LogP contribution is -2.35. The summed E-state index contributed by atoms with van der Waals surface area (Å²) in [5.74, 6) is -1.71. The van der Waals surface area contributed by atoms with Gasteiger partial charge in [-0.3, -0.25) is 9.59 Å². The molecule has 0 unspecified atom stereocenters. The Balaban J connectivity index is 2.08. The topological polar surface area (TPSA) is 49.4 Å². The van der Waals surface area contributed by atoms with Crippen LogP contribution >= 0.6 is 39.1 Å². The third-order valence-electron chi connectivity index (χ3n) is 3.43. The fraction of sp³-hybridized carbons (Fsp3) is 0.176. The molecule has 0 saturated heterocycles. The average molecular weight is 448 g/mol. The first kappa shape index (κ1) is 19.7. The zero-order valence-corrected chi connectivity index (χ0v) is 16.5. The van der Waals surface area contributed by atoms with Gasteiger partial charge in [0.05, 0.1) is 22.2 Å². The molecule has 0 radical (unpaired) electrons. The molecule has 8 heteroatoms. The van der Waals surface area contributed by atoms with Crippen molar-refractivity contribution in [1.29, 1.82) is 0 Å². The molecule has 0 bridgehead atoms. The van der Waals surface area contributed by atoms with Crippen LogP contribution < -0.4 is 5.32 Å². The molecule has 0 aliphatic rings. The molecule has 2 aromatic carbocycles. The maximum atomic E-state index is 13.6. The van der Waals surface area contributed by atoms with Gasteiger partial charge in [-0.05, 0) is 42.8 Å². The summed E-state index contributed by atoms with van der Waals surface area (Å²) in [6.45, 7) is 1.64. The Morgan fingerprint density at radius 3 is 2.52 bits per heavy atom. The van der Waals surface area contributed by atoms with Gasteiger partial charge in [-0.25, -0.2) is 4.39 Å². The first-order valence-electron chi connectivity index (χ1n) is 7.15. The molecule has 2 aromatic rings. The van der Waals surface area contributed by atoms with Crippen LogP contribution in [0.15, 0.2) is 34.8 Å². The van der Waals surface area contributed by atoms with Gasteiger partial charge in [0.1, 0.15) is 5.82 Å². The third kappa shape index (κ3) is 4.93. The fourth-order valence-electron chi connectivity index (χ4n) is 2.14. The molecule has 2 rings (SSSR count). The molecule has 0 heterocycles. The van der Waals surface area contributed by atoms with Crippen LogP contribution in [-0.2, 0) is 4.79 Å². The standard InChI is InChI=1S/C17H14BrCl2FN2O2/c1-9-5-10(18)3-4-15(9)22-16(24)8-23(2)17(25)11-6-14(21)13(20)7-12(11)19/h3-7H,8H2,1-2H3,(H,22,24). The molecule has 4 nitrogen and oxygen atoms in total. The molecule has 0 aliphatic carbocycles. The van der Waals surface area contributed by atoms with Gasteiger partial charge in [0.2, 0.25) is 5.91 Å². The highest BCUT2D eigenvalue weighted by atomic mass is 79.9. The molecule has 0 saturated carbocycles. The Bertz CT molecular complexity index is 846. The van der Waals surface area contributed by atoms with Gasteiger partial charge in [0, 0.05) is 17.2 Å². The Morgan fingerprint density at radius 1 is 1.20 bits per heavy atom. The number of halogens is 4. The number of carbonyl (C=O) groups is 2. The molecule has 0 fully saturated rings. The van der Waals surface area contributed by atoms with Gasteiger partial charge in [0.15, 0.2) is 0 Å². The van der Waals surface area contributed by atoms with Crippen molar-refractivity contribution in [2.75, 3.05) is 18.9 Å². The number of carbonyl (C=O) groups excluding carboxylic acids is 2. The smallest absolute Gasteiger partial charge is 0.255 e. The minimum atomic E-state index is -0.752. The molecule has 0 aromatic heterocycles. The van der Waals surface area contributed by atoms with Crippen LogP contribution in [0.4, 0.5) is 10.1 Å². The van der Waals surface area contributed by atoms with Crippen molar-refractivity contribution in [3.63, 3.8) is 0 Å². The van der Waals surface area contributed by atoms with E-state index in [1.165, 1.54) is 7.05 Å². The molecular weight excluding hydrogens is 434 g/mol. The first-order valence-corrected chi connectivity index (χ1v) is 8.70. The van der Waals surface area contributed by atoms with E-state index in [2.05, 4.69) is 21.2 Å². The van der Waals surface area contributed by atoms with Crippen molar-refractivity contribution >= 4 is 56.6 Å². The van der Waals surface area contributed by atoms with E-state index >= 15 is 0 Å². The summed E-state index contributed by atoms with van der Waals surface area (Å²) in [7, 11) is 1.43. The summed E-state index contributed by atoms with van der Waals surface area (Å²) in [5, 5.41) is 2.58. The predicted octanol–water partition coefficient (Wildman–Crippen LogP) is 4.91. The van der Waals surface area contributed by atoms with E-state index in [9.17, 15) is 14.0 Å². The Hall–Kier alpha value is -1.63. The number of rotatable bonds is 4. The molecule has 2 amide bonds. The molecule has 25 heavy (non-hydrogen) atoms. The molecular formula is C17H14BrCl2FN2O2. The zero-order chi connectivity index (χ0) is 18.7. The summed E-state index contributed by atoms with van der Waals surface area (Å²) in [4.78, 5) is 25.7. The largest absolute Gasteiger partial charge is 0.332 e. The van der Waals surface area contributed by atoms with E-state index in [0.29, 0.717) is 5.69 Å². The minimum absolute atomic E-state index is 0.0208. The summed E-state index contributed by atoms with van der Waals surface area (Å²) in [6.07, 6.45) is 0. The van der Waals surface area contributed by atoms with Crippen LogP contribution in [0.25, 0.3) is 0 Å². The summed E-state index contributed by atoms with van der Waals surface area (Å²) in [6, 6.07) is 7.53. The van der Waals surface area contributed by atoms with E-state index in [1.54, 1.807) is 12.1 Å². The maximum Gasteiger partial charge on any atom is 0.255 e. The number of aryl methyl sites for hydroxylation is 1. The van der Waals surface area contributed by atoms with Crippen molar-refractivity contribution in [2.45, 2.75) is 6.92 Å². The number of hydrogen-bond acceptors (Lipinski definition) is 2. The van der Waals surface area contributed by atoms with Crippen LogP contribution in [0.1, 0.15) is 15.9 Å². The van der Waals surface area contributed by atoms with Crippen molar-refractivity contribution in [3.8, 4) is 0 Å². The van der Waals surface area contributed by atoms with Crippen LogP contribution in [0.5, 0.6) is 0 Å². The highest BCUT2D eigenvalue weighted by Crippen LogP contribution is 2.25. The van der Waals surface area contributed by atoms with Gasteiger partial charge in [-0.2, -0.15) is 0 Å². The molecule has 132 valence electrons.